The first-order chi connectivity index (χ1) is 5.86. The summed E-state index contributed by atoms with van der Waals surface area (Å²) in [7, 11) is 0. The normalized spacial score (nSPS) is 8.57. The minimum atomic E-state index is 0. The monoisotopic (exact) mass is 233 g/mol. The van der Waals surface area contributed by atoms with Gasteiger partial charge in [-0.25, -0.2) is 0 Å². The van der Waals surface area contributed by atoms with Crippen molar-refractivity contribution in [3.8, 4) is 11.5 Å². The Kier molecular flexibility index (Phi) is 4.97. The molecule has 4 nitrogen and oxygen atoms in total. The number of nitrogen functional groups attached to an aromatic ring is 1. The van der Waals surface area contributed by atoms with Crippen molar-refractivity contribution in [3.63, 3.8) is 0 Å². The van der Waals surface area contributed by atoms with Gasteiger partial charge in [-0.1, -0.05) is 0 Å². The van der Waals surface area contributed by atoms with Crippen LogP contribution in [-0.4, -0.2) is 10.2 Å². The van der Waals surface area contributed by atoms with Crippen LogP contribution in [0.4, 0.5) is 5.69 Å². The highest BCUT2D eigenvalue weighted by molar-refractivity contribution is 5.85. The molecule has 2 aromatic rings. The van der Waals surface area contributed by atoms with E-state index in [4.69, 9.17) is 10.2 Å². The van der Waals surface area contributed by atoms with E-state index in [1.807, 2.05) is 12.1 Å². The lowest BCUT2D eigenvalue weighted by Gasteiger charge is -1.94. The molecule has 0 spiro atoms. The third-order valence-corrected chi connectivity index (χ3v) is 1.52. The Morgan fingerprint density at radius 2 is 1.71 bits per heavy atom. The molecular weight excluding hydrogens is 225 g/mol. The smallest absolute Gasteiger partial charge is 0.247 e. The Bertz CT molecular complexity index is 361. The molecule has 0 amide bonds. The van der Waals surface area contributed by atoms with E-state index < -0.39 is 0 Å². The lowest BCUT2D eigenvalue weighted by molar-refractivity contribution is 0.568. The second-order valence-corrected chi connectivity index (χ2v) is 2.37. The van der Waals surface area contributed by atoms with Crippen molar-refractivity contribution in [2.24, 2.45) is 0 Å². The number of aromatic nitrogens is 2. The van der Waals surface area contributed by atoms with Gasteiger partial charge < -0.3 is 10.2 Å². The summed E-state index contributed by atoms with van der Waals surface area (Å²) in [5.74, 6) is 0.509. The van der Waals surface area contributed by atoms with Crippen LogP contribution in [0.15, 0.2) is 35.1 Å². The van der Waals surface area contributed by atoms with Gasteiger partial charge in [0.1, 0.15) is 0 Å². The standard InChI is InChI=1S/C8H7N3O.2ClH/c9-7-3-1-6(2-4-7)8-11-10-5-12-8;;/h1-5H,9H2;2*1H. The molecule has 0 aliphatic rings. The fourth-order valence-corrected chi connectivity index (χ4v) is 0.925. The number of rotatable bonds is 1. The van der Waals surface area contributed by atoms with Crippen molar-refractivity contribution >= 4 is 30.5 Å². The minimum absolute atomic E-state index is 0. The quantitative estimate of drug-likeness (QED) is 0.768. The van der Waals surface area contributed by atoms with Crippen molar-refractivity contribution in [1.29, 1.82) is 0 Å². The van der Waals surface area contributed by atoms with Gasteiger partial charge in [-0.15, -0.1) is 35.0 Å². The van der Waals surface area contributed by atoms with E-state index in [2.05, 4.69) is 10.2 Å². The average Bonchev–Trinajstić information content (AvgIpc) is 2.58. The second-order valence-electron chi connectivity index (χ2n) is 2.37. The maximum Gasteiger partial charge on any atom is 0.247 e. The van der Waals surface area contributed by atoms with Gasteiger partial charge in [0.05, 0.1) is 0 Å². The van der Waals surface area contributed by atoms with Gasteiger partial charge in [0.15, 0.2) is 0 Å². The topological polar surface area (TPSA) is 64.9 Å². The number of hydrogen-bond donors (Lipinski definition) is 1. The molecule has 0 atom stereocenters. The predicted molar refractivity (Wildman–Crippen MR) is 58.6 cm³/mol. The van der Waals surface area contributed by atoms with Crippen LogP contribution in [0.2, 0.25) is 0 Å². The predicted octanol–water partition coefficient (Wildman–Crippen LogP) is 2.16. The van der Waals surface area contributed by atoms with E-state index >= 15 is 0 Å². The summed E-state index contributed by atoms with van der Waals surface area (Å²) >= 11 is 0. The molecule has 6 heteroatoms. The van der Waals surface area contributed by atoms with Crippen molar-refractivity contribution < 1.29 is 4.42 Å². The molecule has 0 radical (unpaired) electrons. The van der Waals surface area contributed by atoms with Gasteiger partial charge in [-0.2, -0.15) is 0 Å². The summed E-state index contributed by atoms with van der Waals surface area (Å²) in [5, 5.41) is 7.33. The zero-order chi connectivity index (χ0) is 8.39. The SMILES string of the molecule is Cl.Cl.Nc1ccc(-c2nnco2)cc1. The fourth-order valence-electron chi connectivity index (χ4n) is 0.925. The molecular formula is C8H9Cl2N3O. The van der Waals surface area contributed by atoms with Crippen molar-refractivity contribution in [2.45, 2.75) is 0 Å². The molecule has 76 valence electrons. The summed E-state index contributed by atoms with van der Waals surface area (Å²) in [6.07, 6.45) is 1.30. The van der Waals surface area contributed by atoms with E-state index in [1.165, 1.54) is 6.39 Å². The van der Waals surface area contributed by atoms with Gasteiger partial charge in [0, 0.05) is 11.3 Å². The van der Waals surface area contributed by atoms with Gasteiger partial charge in [0.25, 0.3) is 0 Å². The summed E-state index contributed by atoms with van der Waals surface area (Å²) in [6.45, 7) is 0. The Labute approximate surface area is 93.3 Å². The Balaban J connectivity index is 0.000000845. The minimum Gasteiger partial charge on any atom is -0.423 e. The third kappa shape index (κ3) is 2.61. The van der Waals surface area contributed by atoms with Crippen LogP contribution >= 0.6 is 24.8 Å². The first-order valence-corrected chi connectivity index (χ1v) is 3.48. The van der Waals surface area contributed by atoms with Gasteiger partial charge >= 0.3 is 0 Å². The lowest BCUT2D eigenvalue weighted by Crippen LogP contribution is -1.83. The molecule has 14 heavy (non-hydrogen) atoms. The van der Waals surface area contributed by atoms with Crippen LogP contribution in [0.3, 0.4) is 0 Å². The largest absolute Gasteiger partial charge is 0.423 e. The second kappa shape index (κ2) is 5.47. The molecule has 0 fully saturated rings. The Hall–Kier alpha value is -1.26. The summed E-state index contributed by atoms with van der Waals surface area (Å²) in [4.78, 5) is 0. The van der Waals surface area contributed by atoms with E-state index in [0.29, 0.717) is 5.89 Å². The van der Waals surface area contributed by atoms with Crippen molar-refractivity contribution in [3.05, 3.63) is 30.7 Å². The van der Waals surface area contributed by atoms with E-state index in [9.17, 15) is 0 Å². The van der Waals surface area contributed by atoms with Crippen molar-refractivity contribution in [1.82, 2.24) is 10.2 Å². The van der Waals surface area contributed by atoms with Crippen LogP contribution in [0.1, 0.15) is 0 Å². The number of nitrogens with zero attached hydrogens (tertiary/aromatic N) is 2. The van der Waals surface area contributed by atoms with Crippen LogP contribution in [-0.2, 0) is 0 Å². The van der Waals surface area contributed by atoms with E-state index in [0.717, 1.165) is 11.3 Å². The molecule has 1 aromatic carbocycles. The number of anilines is 1. The lowest BCUT2D eigenvalue weighted by atomic mass is 10.2. The molecule has 0 unspecified atom stereocenters. The summed E-state index contributed by atoms with van der Waals surface area (Å²) < 4.78 is 5.00. The molecule has 2 N–H and O–H groups in total. The van der Waals surface area contributed by atoms with Gasteiger partial charge in [-0.05, 0) is 24.3 Å². The number of halogens is 2. The number of nitrogens with two attached hydrogens (primary N) is 1. The van der Waals surface area contributed by atoms with E-state index in [1.54, 1.807) is 12.1 Å². The van der Waals surface area contributed by atoms with Crippen molar-refractivity contribution in [2.75, 3.05) is 5.73 Å². The highest BCUT2D eigenvalue weighted by atomic mass is 35.5. The molecule has 1 heterocycles. The van der Waals surface area contributed by atoms with Crippen LogP contribution < -0.4 is 5.73 Å². The Morgan fingerprint density at radius 3 is 2.21 bits per heavy atom. The maximum absolute atomic E-state index is 5.51. The zero-order valence-electron chi connectivity index (χ0n) is 7.08. The molecule has 0 bridgehead atoms. The summed E-state index contributed by atoms with van der Waals surface area (Å²) in [5.41, 5.74) is 7.11. The van der Waals surface area contributed by atoms with Crippen LogP contribution in [0, 0.1) is 0 Å². The third-order valence-electron chi connectivity index (χ3n) is 1.52. The molecule has 0 aliphatic heterocycles. The van der Waals surface area contributed by atoms with E-state index in [-0.39, 0.29) is 24.8 Å². The first kappa shape index (κ1) is 12.7. The molecule has 1 aromatic heterocycles. The Morgan fingerprint density at radius 1 is 1.07 bits per heavy atom. The molecule has 0 saturated carbocycles. The number of benzene rings is 1. The number of hydrogen-bond acceptors (Lipinski definition) is 4. The van der Waals surface area contributed by atoms with Gasteiger partial charge in [0.2, 0.25) is 12.3 Å². The highest BCUT2D eigenvalue weighted by Crippen LogP contribution is 2.16. The maximum atomic E-state index is 5.51. The zero-order valence-corrected chi connectivity index (χ0v) is 8.72. The fraction of sp³-hybridized carbons (Fsp3) is 0. The first-order valence-electron chi connectivity index (χ1n) is 3.48. The molecule has 2 rings (SSSR count). The molecule has 0 saturated heterocycles. The summed E-state index contributed by atoms with van der Waals surface area (Å²) in [6, 6.07) is 7.25. The average molecular weight is 234 g/mol. The van der Waals surface area contributed by atoms with Crippen LogP contribution in [0.5, 0.6) is 0 Å². The highest BCUT2D eigenvalue weighted by Gasteiger charge is 2.00. The van der Waals surface area contributed by atoms with Crippen LogP contribution in [0.25, 0.3) is 11.5 Å². The molecule has 0 aliphatic carbocycles. The van der Waals surface area contributed by atoms with Gasteiger partial charge in [-0.3, -0.25) is 0 Å².